The minimum atomic E-state index is -0.168. The van der Waals surface area contributed by atoms with E-state index < -0.39 is 0 Å². The van der Waals surface area contributed by atoms with Crippen molar-refractivity contribution in [1.29, 1.82) is 0 Å². The number of aliphatic hydroxyl groups excluding tert-OH is 1. The van der Waals surface area contributed by atoms with E-state index in [-0.39, 0.29) is 17.9 Å². The van der Waals surface area contributed by atoms with E-state index in [2.05, 4.69) is 19.2 Å². The van der Waals surface area contributed by atoms with Gasteiger partial charge in [-0.1, -0.05) is 25.4 Å². The fourth-order valence-corrected chi connectivity index (χ4v) is 1.92. The molecule has 0 unspecified atom stereocenters. The van der Waals surface area contributed by atoms with E-state index in [4.69, 9.17) is 22.4 Å². The number of hydrogen-bond donors (Lipinski definition) is 3. The Bertz CT molecular complexity index is 447. The first kappa shape index (κ1) is 15.8. The zero-order valence-corrected chi connectivity index (χ0v) is 12.1. The van der Waals surface area contributed by atoms with Crippen molar-refractivity contribution in [2.24, 2.45) is 5.41 Å². The van der Waals surface area contributed by atoms with Gasteiger partial charge in [0.1, 0.15) is 0 Å². The van der Waals surface area contributed by atoms with E-state index in [1.165, 1.54) is 0 Å². The van der Waals surface area contributed by atoms with Crippen molar-refractivity contribution in [2.45, 2.75) is 26.7 Å². The van der Waals surface area contributed by atoms with E-state index in [1.807, 2.05) is 0 Å². The Balaban J connectivity index is 2.57. The highest BCUT2D eigenvalue weighted by Crippen LogP contribution is 2.22. The Kier molecular flexibility index (Phi) is 5.63. The van der Waals surface area contributed by atoms with E-state index in [1.54, 1.807) is 18.2 Å². The van der Waals surface area contributed by atoms with Crippen LogP contribution in [-0.4, -0.2) is 24.2 Å². The van der Waals surface area contributed by atoms with Crippen LogP contribution in [0.2, 0.25) is 5.02 Å². The lowest BCUT2D eigenvalue weighted by Crippen LogP contribution is -2.34. The van der Waals surface area contributed by atoms with Crippen molar-refractivity contribution in [2.75, 3.05) is 18.9 Å². The molecule has 0 aliphatic carbocycles. The quantitative estimate of drug-likeness (QED) is 0.702. The van der Waals surface area contributed by atoms with Crippen molar-refractivity contribution in [3.8, 4) is 0 Å². The van der Waals surface area contributed by atoms with Gasteiger partial charge in [-0.05, 0) is 36.5 Å². The van der Waals surface area contributed by atoms with Crippen molar-refractivity contribution in [1.82, 2.24) is 5.32 Å². The minimum absolute atomic E-state index is 0.0456. The van der Waals surface area contributed by atoms with Crippen molar-refractivity contribution in [3.63, 3.8) is 0 Å². The maximum atomic E-state index is 12.0. The number of nitrogen functional groups attached to an aromatic ring is 1. The van der Waals surface area contributed by atoms with Gasteiger partial charge < -0.3 is 16.2 Å². The number of aliphatic hydroxyl groups is 1. The summed E-state index contributed by atoms with van der Waals surface area (Å²) in [7, 11) is 0. The van der Waals surface area contributed by atoms with Gasteiger partial charge in [0.15, 0.2) is 0 Å². The molecule has 0 saturated heterocycles. The van der Waals surface area contributed by atoms with Crippen LogP contribution in [0.1, 0.15) is 37.0 Å². The minimum Gasteiger partial charge on any atom is -0.398 e. The van der Waals surface area contributed by atoms with Gasteiger partial charge in [-0.25, -0.2) is 0 Å². The summed E-state index contributed by atoms with van der Waals surface area (Å²) in [6.45, 7) is 4.83. The van der Waals surface area contributed by atoms with Gasteiger partial charge in [0.05, 0.1) is 10.7 Å². The smallest absolute Gasteiger partial charge is 0.251 e. The molecular formula is C14H21ClN2O2. The van der Waals surface area contributed by atoms with Gasteiger partial charge >= 0.3 is 0 Å². The van der Waals surface area contributed by atoms with Gasteiger partial charge in [0.25, 0.3) is 5.91 Å². The summed E-state index contributed by atoms with van der Waals surface area (Å²) in [6.07, 6.45) is 1.59. The molecule has 1 aromatic rings. The fourth-order valence-electron chi connectivity index (χ4n) is 1.74. The number of hydrogen-bond acceptors (Lipinski definition) is 3. The first-order chi connectivity index (χ1) is 8.85. The van der Waals surface area contributed by atoms with Crippen LogP contribution in [0.4, 0.5) is 5.69 Å². The molecule has 0 spiro atoms. The number of carbonyl (C=O) groups excluding carboxylic acids is 1. The summed E-state index contributed by atoms with van der Waals surface area (Å²) in [4.78, 5) is 12.0. The van der Waals surface area contributed by atoms with Gasteiger partial charge in [-0.2, -0.15) is 0 Å². The molecule has 0 atom stereocenters. The molecule has 5 heteroatoms. The van der Waals surface area contributed by atoms with Gasteiger partial charge in [-0.15, -0.1) is 0 Å². The predicted molar refractivity (Wildman–Crippen MR) is 78.3 cm³/mol. The second-order valence-electron chi connectivity index (χ2n) is 5.41. The van der Waals surface area contributed by atoms with Crippen LogP contribution in [0.5, 0.6) is 0 Å². The molecule has 0 aliphatic heterocycles. The average Bonchev–Trinajstić information content (AvgIpc) is 2.37. The number of rotatable bonds is 6. The van der Waals surface area contributed by atoms with Crippen LogP contribution in [0, 0.1) is 5.41 Å². The summed E-state index contributed by atoms with van der Waals surface area (Å²) in [6, 6.07) is 4.83. The van der Waals surface area contributed by atoms with Crippen molar-refractivity contribution in [3.05, 3.63) is 28.8 Å². The molecule has 0 fully saturated rings. The number of anilines is 1. The maximum Gasteiger partial charge on any atom is 0.251 e. The topological polar surface area (TPSA) is 75.3 Å². The summed E-state index contributed by atoms with van der Waals surface area (Å²) in [5, 5.41) is 12.1. The van der Waals surface area contributed by atoms with Crippen LogP contribution >= 0.6 is 11.6 Å². The van der Waals surface area contributed by atoms with Crippen LogP contribution in [0.25, 0.3) is 0 Å². The van der Waals surface area contributed by atoms with Crippen molar-refractivity contribution < 1.29 is 9.90 Å². The molecule has 4 N–H and O–H groups in total. The SMILES string of the molecule is CC(C)(CCCO)CNC(=O)c1ccc(N)c(Cl)c1. The molecule has 0 saturated carbocycles. The zero-order valence-electron chi connectivity index (χ0n) is 11.4. The summed E-state index contributed by atoms with van der Waals surface area (Å²) in [5.74, 6) is -0.168. The van der Waals surface area contributed by atoms with Gasteiger partial charge in [0, 0.05) is 18.7 Å². The second-order valence-corrected chi connectivity index (χ2v) is 5.82. The summed E-state index contributed by atoms with van der Waals surface area (Å²) >= 11 is 5.88. The molecule has 0 aliphatic rings. The molecule has 0 aromatic heterocycles. The molecule has 0 heterocycles. The Hall–Kier alpha value is -1.26. The summed E-state index contributed by atoms with van der Waals surface area (Å²) in [5.41, 5.74) is 6.51. The van der Waals surface area contributed by atoms with Crippen LogP contribution in [-0.2, 0) is 0 Å². The number of amides is 1. The van der Waals surface area contributed by atoms with Crippen LogP contribution in [0.15, 0.2) is 18.2 Å². The average molecular weight is 285 g/mol. The Morgan fingerprint density at radius 1 is 1.47 bits per heavy atom. The highest BCUT2D eigenvalue weighted by atomic mass is 35.5. The lowest BCUT2D eigenvalue weighted by atomic mass is 9.88. The number of nitrogens with one attached hydrogen (secondary N) is 1. The highest BCUT2D eigenvalue weighted by molar-refractivity contribution is 6.33. The van der Waals surface area contributed by atoms with Crippen LogP contribution in [0.3, 0.4) is 0 Å². The first-order valence-electron chi connectivity index (χ1n) is 6.30. The molecular weight excluding hydrogens is 264 g/mol. The number of halogens is 1. The lowest BCUT2D eigenvalue weighted by Gasteiger charge is -2.24. The van der Waals surface area contributed by atoms with E-state index in [0.29, 0.717) is 22.8 Å². The Labute approximate surface area is 118 Å². The fraction of sp³-hybridized carbons (Fsp3) is 0.500. The standard InChI is InChI=1S/C14H21ClN2O2/c1-14(2,6-3-7-18)9-17-13(19)10-4-5-12(16)11(15)8-10/h4-5,8,18H,3,6-7,9,16H2,1-2H3,(H,17,19). The Morgan fingerprint density at radius 3 is 2.74 bits per heavy atom. The summed E-state index contributed by atoms with van der Waals surface area (Å²) < 4.78 is 0. The monoisotopic (exact) mass is 284 g/mol. The van der Waals surface area contributed by atoms with Gasteiger partial charge in [-0.3, -0.25) is 4.79 Å². The Morgan fingerprint density at radius 2 is 2.16 bits per heavy atom. The molecule has 1 rings (SSSR count). The lowest BCUT2D eigenvalue weighted by molar-refractivity contribution is 0.0933. The third-order valence-corrected chi connectivity index (χ3v) is 3.33. The largest absolute Gasteiger partial charge is 0.398 e. The van der Waals surface area contributed by atoms with Crippen LogP contribution < -0.4 is 11.1 Å². The van der Waals surface area contributed by atoms with E-state index in [0.717, 1.165) is 12.8 Å². The third kappa shape index (κ3) is 5.09. The normalized spacial score (nSPS) is 11.4. The maximum absolute atomic E-state index is 12.0. The van der Waals surface area contributed by atoms with E-state index >= 15 is 0 Å². The molecule has 19 heavy (non-hydrogen) atoms. The van der Waals surface area contributed by atoms with E-state index in [9.17, 15) is 4.79 Å². The number of benzene rings is 1. The highest BCUT2D eigenvalue weighted by Gasteiger charge is 2.18. The predicted octanol–water partition coefficient (Wildman–Crippen LogP) is 2.45. The molecule has 0 radical (unpaired) electrons. The number of nitrogens with two attached hydrogens (primary N) is 1. The third-order valence-electron chi connectivity index (χ3n) is 3.00. The zero-order chi connectivity index (χ0) is 14.5. The van der Waals surface area contributed by atoms with Gasteiger partial charge in [0.2, 0.25) is 0 Å². The number of carbonyl (C=O) groups is 1. The second kappa shape index (κ2) is 6.78. The molecule has 106 valence electrons. The first-order valence-corrected chi connectivity index (χ1v) is 6.67. The molecule has 1 aromatic carbocycles. The molecule has 4 nitrogen and oxygen atoms in total. The van der Waals surface area contributed by atoms with Crippen molar-refractivity contribution >= 4 is 23.2 Å². The molecule has 0 bridgehead atoms. The molecule has 1 amide bonds.